The molecule has 0 radical (unpaired) electrons. The smallest absolute Gasteiger partial charge is 0.125 e. The molecule has 0 saturated carbocycles. The minimum Gasteiger partial charge on any atom is -0.379 e. The second-order valence-electron chi connectivity index (χ2n) is 4.33. The molecule has 2 rings (SSSR count). The van der Waals surface area contributed by atoms with Gasteiger partial charge in [-0.25, -0.2) is 9.97 Å². The van der Waals surface area contributed by atoms with Crippen LogP contribution in [0.1, 0.15) is 22.6 Å². The van der Waals surface area contributed by atoms with Crippen LogP contribution >= 0.6 is 0 Å². The summed E-state index contributed by atoms with van der Waals surface area (Å²) in [4.78, 5) is 8.44. The number of benzene rings is 1. The van der Waals surface area contributed by atoms with Crippen molar-refractivity contribution in [3.8, 4) is 0 Å². The molecular weight excluding hydrogens is 210 g/mol. The zero-order chi connectivity index (χ0) is 12.3. The van der Waals surface area contributed by atoms with Gasteiger partial charge >= 0.3 is 0 Å². The van der Waals surface area contributed by atoms with Gasteiger partial charge in [0.15, 0.2) is 0 Å². The molecule has 1 heterocycles. The van der Waals surface area contributed by atoms with E-state index in [1.807, 2.05) is 13.0 Å². The van der Waals surface area contributed by atoms with Gasteiger partial charge in [-0.3, -0.25) is 0 Å². The van der Waals surface area contributed by atoms with E-state index in [2.05, 4.69) is 47.3 Å². The molecule has 0 fully saturated rings. The van der Waals surface area contributed by atoms with Gasteiger partial charge in [-0.1, -0.05) is 6.07 Å². The van der Waals surface area contributed by atoms with Gasteiger partial charge < -0.3 is 5.32 Å². The Morgan fingerprint density at radius 3 is 2.41 bits per heavy atom. The third-order valence-electron chi connectivity index (χ3n) is 2.53. The van der Waals surface area contributed by atoms with Gasteiger partial charge in [0.1, 0.15) is 5.82 Å². The maximum atomic E-state index is 4.36. The van der Waals surface area contributed by atoms with E-state index in [-0.39, 0.29) is 0 Å². The van der Waals surface area contributed by atoms with E-state index in [0.29, 0.717) is 0 Å². The molecule has 1 N–H and O–H groups in total. The summed E-state index contributed by atoms with van der Waals surface area (Å²) < 4.78 is 0. The number of nitrogens with zero attached hydrogens (tertiary/aromatic N) is 2. The van der Waals surface area contributed by atoms with E-state index in [4.69, 9.17) is 0 Å². The number of aryl methyl sites for hydroxylation is 3. The van der Waals surface area contributed by atoms with Crippen LogP contribution in [0.4, 0.5) is 5.69 Å². The molecule has 0 aliphatic carbocycles. The van der Waals surface area contributed by atoms with E-state index in [9.17, 15) is 0 Å². The fourth-order valence-electron chi connectivity index (χ4n) is 1.87. The first-order valence-electron chi connectivity index (χ1n) is 5.74. The molecule has 2 aromatic rings. The predicted octanol–water partition coefficient (Wildman–Crippen LogP) is 3.01. The van der Waals surface area contributed by atoms with Crippen molar-refractivity contribution in [1.82, 2.24) is 9.97 Å². The topological polar surface area (TPSA) is 37.8 Å². The maximum absolute atomic E-state index is 4.36. The highest BCUT2D eigenvalue weighted by molar-refractivity contribution is 5.48. The maximum Gasteiger partial charge on any atom is 0.125 e. The summed E-state index contributed by atoms with van der Waals surface area (Å²) in [6, 6.07) is 8.38. The van der Waals surface area contributed by atoms with Crippen molar-refractivity contribution in [2.75, 3.05) is 5.32 Å². The molecular formula is C14H17N3. The zero-order valence-corrected chi connectivity index (χ0v) is 10.5. The van der Waals surface area contributed by atoms with Crippen molar-refractivity contribution in [3.63, 3.8) is 0 Å². The number of hydrogen-bond donors (Lipinski definition) is 1. The predicted molar refractivity (Wildman–Crippen MR) is 70.0 cm³/mol. The summed E-state index contributed by atoms with van der Waals surface area (Å²) in [6.07, 6.45) is 1.79. The molecule has 1 aromatic heterocycles. The minimum atomic E-state index is 0.728. The highest BCUT2D eigenvalue weighted by atomic mass is 14.9. The molecule has 0 saturated heterocycles. The Hall–Kier alpha value is -1.90. The van der Waals surface area contributed by atoms with Crippen LogP contribution < -0.4 is 5.32 Å². The van der Waals surface area contributed by atoms with Gasteiger partial charge in [-0.2, -0.15) is 0 Å². The van der Waals surface area contributed by atoms with Crippen molar-refractivity contribution >= 4 is 5.69 Å². The summed E-state index contributed by atoms with van der Waals surface area (Å²) >= 11 is 0. The first-order valence-corrected chi connectivity index (χ1v) is 5.74. The van der Waals surface area contributed by atoms with Gasteiger partial charge in [-0.05, 0) is 50.1 Å². The second-order valence-corrected chi connectivity index (χ2v) is 4.33. The number of rotatable bonds is 3. The molecule has 0 bridgehead atoms. The van der Waals surface area contributed by atoms with Crippen LogP contribution in [0.5, 0.6) is 0 Å². The van der Waals surface area contributed by atoms with Crippen LogP contribution in [-0.4, -0.2) is 9.97 Å². The zero-order valence-electron chi connectivity index (χ0n) is 10.5. The number of nitrogens with one attached hydrogen (secondary N) is 1. The molecule has 3 heteroatoms. The largest absolute Gasteiger partial charge is 0.379 e. The molecule has 0 amide bonds. The summed E-state index contributed by atoms with van der Waals surface area (Å²) in [5, 5.41) is 3.38. The monoisotopic (exact) mass is 227 g/mol. The molecule has 0 aliphatic heterocycles. The molecule has 0 atom stereocenters. The van der Waals surface area contributed by atoms with Crippen LogP contribution in [-0.2, 0) is 6.54 Å². The van der Waals surface area contributed by atoms with Crippen LogP contribution in [0.25, 0.3) is 0 Å². The minimum absolute atomic E-state index is 0.728. The Bertz CT molecular complexity index is 500. The first kappa shape index (κ1) is 11.6. The van der Waals surface area contributed by atoms with E-state index < -0.39 is 0 Å². The quantitative estimate of drug-likeness (QED) is 0.875. The number of hydrogen-bond acceptors (Lipinski definition) is 3. The Balaban J connectivity index is 2.07. The fourth-order valence-corrected chi connectivity index (χ4v) is 1.87. The molecule has 0 aliphatic rings. The third kappa shape index (κ3) is 3.28. The molecule has 1 aromatic carbocycles. The highest BCUT2D eigenvalue weighted by Gasteiger charge is 1.98. The lowest BCUT2D eigenvalue weighted by Crippen LogP contribution is -2.03. The summed E-state index contributed by atoms with van der Waals surface area (Å²) in [7, 11) is 0. The Morgan fingerprint density at radius 1 is 1.06 bits per heavy atom. The molecule has 3 nitrogen and oxygen atoms in total. The molecule has 0 spiro atoms. The van der Waals surface area contributed by atoms with Gasteiger partial charge in [-0.15, -0.1) is 0 Å². The summed E-state index contributed by atoms with van der Waals surface area (Å²) in [6.45, 7) is 6.84. The first-order chi connectivity index (χ1) is 8.13. The van der Waals surface area contributed by atoms with Gasteiger partial charge in [0.05, 0.1) is 12.2 Å². The van der Waals surface area contributed by atoms with Crippen molar-refractivity contribution in [1.29, 1.82) is 0 Å². The van der Waals surface area contributed by atoms with Crippen LogP contribution in [0.2, 0.25) is 0 Å². The lowest BCUT2D eigenvalue weighted by atomic mass is 10.1. The lowest BCUT2D eigenvalue weighted by molar-refractivity contribution is 0.955. The van der Waals surface area contributed by atoms with Crippen molar-refractivity contribution < 1.29 is 0 Å². The molecule has 0 unspecified atom stereocenters. The normalized spacial score (nSPS) is 10.3. The summed E-state index contributed by atoms with van der Waals surface area (Å²) in [5.41, 5.74) is 4.69. The van der Waals surface area contributed by atoms with Crippen LogP contribution in [0.15, 0.2) is 30.5 Å². The Morgan fingerprint density at radius 2 is 1.76 bits per heavy atom. The van der Waals surface area contributed by atoms with Gasteiger partial charge in [0.2, 0.25) is 0 Å². The Labute approximate surface area is 102 Å². The number of aromatic nitrogens is 2. The van der Waals surface area contributed by atoms with Crippen LogP contribution in [0.3, 0.4) is 0 Å². The number of anilines is 1. The van der Waals surface area contributed by atoms with Crippen LogP contribution in [0, 0.1) is 20.8 Å². The molecule has 88 valence electrons. The third-order valence-corrected chi connectivity index (χ3v) is 2.53. The lowest BCUT2D eigenvalue weighted by Gasteiger charge is -2.08. The molecule has 17 heavy (non-hydrogen) atoms. The summed E-state index contributed by atoms with van der Waals surface area (Å²) in [5.74, 6) is 0.810. The average molecular weight is 227 g/mol. The van der Waals surface area contributed by atoms with E-state index >= 15 is 0 Å². The second kappa shape index (κ2) is 4.95. The SMILES string of the molecule is Cc1cc(C)cc(NCc2ccnc(C)n2)c1. The average Bonchev–Trinajstić information content (AvgIpc) is 2.25. The van der Waals surface area contributed by atoms with E-state index in [0.717, 1.165) is 23.8 Å². The Kier molecular flexibility index (Phi) is 3.38. The standard InChI is InChI=1S/C14H17N3/c1-10-6-11(2)8-14(7-10)16-9-13-4-5-15-12(3)17-13/h4-8,16H,9H2,1-3H3. The van der Waals surface area contributed by atoms with E-state index in [1.165, 1.54) is 11.1 Å². The van der Waals surface area contributed by atoms with E-state index in [1.54, 1.807) is 6.20 Å². The van der Waals surface area contributed by atoms with Crippen molar-refractivity contribution in [2.45, 2.75) is 27.3 Å². The van der Waals surface area contributed by atoms with Gasteiger partial charge in [0, 0.05) is 11.9 Å². The van der Waals surface area contributed by atoms with Crippen molar-refractivity contribution in [2.24, 2.45) is 0 Å². The highest BCUT2D eigenvalue weighted by Crippen LogP contribution is 2.14. The fraction of sp³-hybridized carbons (Fsp3) is 0.286. The van der Waals surface area contributed by atoms with Gasteiger partial charge in [0.25, 0.3) is 0 Å². The van der Waals surface area contributed by atoms with Crippen molar-refractivity contribution in [3.05, 3.63) is 53.1 Å².